The second-order valence-corrected chi connectivity index (χ2v) is 8.91. The summed E-state index contributed by atoms with van der Waals surface area (Å²) >= 11 is 0. The van der Waals surface area contributed by atoms with Crippen molar-refractivity contribution in [3.63, 3.8) is 0 Å². The van der Waals surface area contributed by atoms with Crippen molar-refractivity contribution in [1.82, 2.24) is 10.2 Å². The average molecular weight is 449 g/mol. The standard InChI is InChI=1S/C26H32N4O3/c31-26(27-18-25(21-11-14-33-19-21)29-12-15-32-16-13-29)23-17-24(20-7-3-1-4-8-20)30(28-23)22-9-5-2-6-10-22/h1-10,21,24-25H,11-19H2,(H,27,31)/t21-,24-,25+/m0/s1. The Labute approximate surface area is 195 Å². The van der Waals surface area contributed by atoms with Crippen molar-refractivity contribution in [2.24, 2.45) is 11.0 Å². The van der Waals surface area contributed by atoms with Crippen LogP contribution in [-0.4, -0.2) is 68.6 Å². The van der Waals surface area contributed by atoms with Gasteiger partial charge in [0.25, 0.3) is 5.91 Å². The van der Waals surface area contributed by atoms with Gasteiger partial charge in [-0.2, -0.15) is 5.10 Å². The SMILES string of the molecule is O=C(NC[C@H]([C@H]1CCOC1)N1CCOCC1)C1=NN(c2ccccc2)[C@H](c2ccccc2)C1. The van der Waals surface area contributed by atoms with Crippen molar-refractivity contribution in [2.45, 2.75) is 24.9 Å². The molecule has 2 fully saturated rings. The molecule has 3 heterocycles. The van der Waals surface area contributed by atoms with E-state index in [2.05, 4.69) is 22.3 Å². The second kappa shape index (κ2) is 10.5. The predicted octanol–water partition coefficient (Wildman–Crippen LogP) is 2.85. The Morgan fingerprint density at radius 1 is 1.00 bits per heavy atom. The Morgan fingerprint density at radius 3 is 2.42 bits per heavy atom. The van der Waals surface area contributed by atoms with Crippen LogP contribution in [0.5, 0.6) is 0 Å². The summed E-state index contributed by atoms with van der Waals surface area (Å²) in [6.07, 6.45) is 1.62. The van der Waals surface area contributed by atoms with Crippen LogP contribution in [0.25, 0.3) is 0 Å². The summed E-state index contributed by atoms with van der Waals surface area (Å²) in [7, 11) is 0. The lowest BCUT2D eigenvalue weighted by molar-refractivity contribution is -0.115. The van der Waals surface area contributed by atoms with Crippen LogP contribution in [0.15, 0.2) is 65.8 Å². The monoisotopic (exact) mass is 448 g/mol. The van der Waals surface area contributed by atoms with Gasteiger partial charge >= 0.3 is 0 Å². The largest absolute Gasteiger partial charge is 0.381 e. The molecule has 3 aliphatic heterocycles. The minimum Gasteiger partial charge on any atom is -0.381 e. The fourth-order valence-electron chi connectivity index (χ4n) is 5.06. The Hall–Kier alpha value is -2.74. The minimum atomic E-state index is -0.0773. The zero-order chi connectivity index (χ0) is 22.5. The van der Waals surface area contributed by atoms with Gasteiger partial charge in [-0.15, -0.1) is 0 Å². The molecular formula is C26H32N4O3. The Morgan fingerprint density at radius 2 is 1.73 bits per heavy atom. The lowest BCUT2D eigenvalue weighted by Gasteiger charge is -2.37. The number of morpholine rings is 1. The third-order valence-electron chi connectivity index (χ3n) is 6.87. The summed E-state index contributed by atoms with van der Waals surface area (Å²) in [5.74, 6) is 0.360. The number of carbonyl (C=O) groups is 1. The van der Waals surface area contributed by atoms with Crippen molar-refractivity contribution in [1.29, 1.82) is 0 Å². The number of carbonyl (C=O) groups excluding carboxylic acids is 1. The fraction of sp³-hybridized carbons (Fsp3) is 0.462. The number of benzene rings is 2. The van der Waals surface area contributed by atoms with Gasteiger partial charge in [0.1, 0.15) is 5.71 Å². The maximum atomic E-state index is 13.3. The van der Waals surface area contributed by atoms with Gasteiger partial charge in [-0.25, -0.2) is 0 Å². The number of para-hydroxylation sites is 1. The smallest absolute Gasteiger partial charge is 0.267 e. The highest BCUT2D eigenvalue weighted by molar-refractivity contribution is 6.39. The van der Waals surface area contributed by atoms with Crippen molar-refractivity contribution in [3.05, 3.63) is 66.2 Å². The van der Waals surface area contributed by atoms with Crippen molar-refractivity contribution < 1.29 is 14.3 Å². The molecule has 5 rings (SSSR count). The van der Waals surface area contributed by atoms with E-state index < -0.39 is 0 Å². The van der Waals surface area contributed by atoms with Gasteiger partial charge in [-0.1, -0.05) is 48.5 Å². The summed E-state index contributed by atoms with van der Waals surface area (Å²) in [4.78, 5) is 15.7. The number of amides is 1. The van der Waals surface area contributed by atoms with Gasteiger partial charge < -0.3 is 14.8 Å². The normalized spacial score (nSPS) is 24.5. The minimum absolute atomic E-state index is 0.00706. The predicted molar refractivity (Wildman–Crippen MR) is 128 cm³/mol. The van der Waals surface area contributed by atoms with E-state index in [0.29, 0.717) is 24.6 Å². The average Bonchev–Trinajstić information content (AvgIpc) is 3.57. The van der Waals surface area contributed by atoms with E-state index in [4.69, 9.17) is 14.6 Å². The summed E-state index contributed by atoms with van der Waals surface area (Å²) in [5, 5.41) is 9.97. The first kappa shape index (κ1) is 22.1. The molecule has 3 aliphatic rings. The van der Waals surface area contributed by atoms with E-state index in [-0.39, 0.29) is 18.0 Å². The molecule has 33 heavy (non-hydrogen) atoms. The van der Waals surface area contributed by atoms with E-state index in [1.54, 1.807) is 0 Å². The highest BCUT2D eigenvalue weighted by Crippen LogP contribution is 2.35. The summed E-state index contributed by atoms with van der Waals surface area (Å²) < 4.78 is 11.2. The van der Waals surface area contributed by atoms with E-state index in [0.717, 1.165) is 57.2 Å². The van der Waals surface area contributed by atoms with E-state index in [1.165, 1.54) is 0 Å². The van der Waals surface area contributed by atoms with Gasteiger partial charge in [0.15, 0.2) is 0 Å². The molecule has 2 aromatic rings. The topological polar surface area (TPSA) is 66.4 Å². The van der Waals surface area contributed by atoms with Crippen LogP contribution in [0.4, 0.5) is 5.69 Å². The molecule has 0 radical (unpaired) electrons. The molecule has 0 bridgehead atoms. The van der Waals surface area contributed by atoms with Crippen LogP contribution in [0.1, 0.15) is 24.4 Å². The first-order valence-corrected chi connectivity index (χ1v) is 11.9. The van der Waals surface area contributed by atoms with Crippen LogP contribution < -0.4 is 10.3 Å². The molecule has 1 N–H and O–H groups in total. The van der Waals surface area contributed by atoms with Gasteiger partial charge in [-0.3, -0.25) is 14.7 Å². The molecule has 2 aromatic carbocycles. The van der Waals surface area contributed by atoms with E-state index >= 15 is 0 Å². The molecule has 0 aliphatic carbocycles. The zero-order valence-corrected chi connectivity index (χ0v) is 18.9. The number of hydrogen-bond donors (Lipinski definition) is 1. The molecule has 0 unspecified atom stereocenters. The van der Waals surface area contributed by atoms with Gasteiger partial charge in [0.2, 0.25) is 0 Å². The quantitative estimate of drug-likeness (QED) is 0.706. The number of ether oxygens (including phenoxy) is 2. The number of rotatable bonds is 7. The van der Waals surface area contributed by atoms with E-state index in [9.17, 15) is 4.79 Å². The highest BCUT2D eigenvalue weighted by atomic mass is 16.5. The fourth-order valence-corrected chi connectivity index (χ4v) is 5.06. The first-order valence-electron chi connectivity index (χ1n) is 11.9. The van der Waals surface area contributed by atoms with Crippen LogP contribution in [0.2, 0.25) is 0 Å². The maximum absolute atomic E-state index is 13.3. The molecule has 1 amide bonds. The molecule has 0 aromatic heterocycles. The first-order chi connectivity index (χ1) is 16.3. The molecule has 0 saturated carbocycles. The number of hydrogen-bond acceptors (Lipinski definition) is 6. The molecule has 2 saturated heterocycles. The molecule has 174 valence electrons. The Bertz CT molecular complexity index is 941. The summed E-state index contributed by atoms with van der Waals surface area (Å²) in [6.45, 7) is 5.46. The number of anilines is 1. The highest BCUT2D eigenvalue weighted by Gasteiger charge is 2.35. The zero-order valence-electron chi connectivity index (χ0n) is 18.9. The molecule has 3 atom stereocenters. The Kier molecular flexibility index (Phi) is 7.00. The van der Waals surface area contributed by atoms with Gasteiger partial charge in [-0.05, 0) is 24.1 Å². The van der Waals surface area contributed by atoms with Crippen LogP contribution in [0.3, 0.4) is 0 Å². The molecular weight excluding hydrogens is 416 g/mol. The van der Waals surface area contributed by atoms with E-state index in [1.807, 2.05) is 53.5 Å². The lowest BCUT2D eigenvalue weighted by atomic mass is 9.96. The van der Waals surface area contributed by atoms with Crippen LogP contribution >= 0.6 is 0 Å². The van der Waals surface area contributed by atoms with Crippen molar-refractivity contribution in [2.75, 3.05) is 51.1 Å². The maximum Gasteiger partial charge on any atom is 0.267 e. The Balaban J connectivity index is 1.30. The van der Waals surface area contributed by atoms with Gasteiger partial charge in [0.05, 0.1) is 31.5 Å². The number of nitrogens with one attached hydrogen (secondary N) is 1. The lowest BCUT2D eigenvalue weighted by Crippen LogP contribution is -2.52. The number of nitrogens with zero attached hydrogens (tertiary/aromatic N) is 3. The van der Waals surface area contributed by atoms with Gasteiger partial charge in [0, 0.05) is 44.6 Å². The molecule has 0 spiro atoms. The second-order valence-electron chi connectivity index (χ2n) is 8.91. The van der Waals surface area contributed by atoms with Crippen molar-refractivity contribution >= 4 is 17.3 Å². The summed E-state index contributed by atoms with van der Waals surface area (Å²) in [6, 6.07) is 20.6. The molecule has 7 nitrogen and oxygen atoms in total. The number of hydrazone groups is 1. The summed E-state index contributed by atoms with van der Waals surface area (Å²) in [5.41, 5.74) is 2.72. The van der Waals surface area contributed by atoms with Crippen LogP contribution in [0, 0.1) is 5.92 Å². The third kappa shape index (κ3) is 5.11. The van der Waals surface area contributed by atoms with Crippen molar-refractivity contribution in [3.8, 4) is 0 Å². The van der Waals surface area contributed by atoms with Crippen LogP contribution in [-0.2, 0) is 14.3 Å². The molecule has 7 heteroatoms. The third-order valence-corrected chi connectivity index (χ3v) is 6.87.